The van der Waals surface area contributed by atoms with E-state index in [1.807, 2.05) is 19.1 Å². The molecule has 0 aliphatic heterocycles. The Bertz CT molecular complexity index is 473. The van der Waals surface area contributed by atoms with Crippen LogP contribution >= 0.6 is 0 Å². The second-order valence-corrected chi connectivity index (χ2v) is 5.06. The molecule has 0 spiro atoms. The third-order valence-corrected chi connectivity index (χ3v) is 3.29. The number of benzene rings is 1. The summed E-state index contributed by atoms with van der Waals surface area (Å²) >= 11 is 0. The Balaban J connectivity index is 2.38. The molecule has 21 heavy (non-hydrogen) atoms. The van der Waals surface area contributed by atoms with Crippen LogP contribution in [0.15, 0.2) is 24.3 Å². The Morgan fingerprint density at radius 3 is 2.48 bits per heavy atom. The first-order valence-electron chi connectivity index (χ1n) is 6.90. The van der Waals surface area contributed by atoms with Crippen molar-refractivity contribution in [2.24, 2.45) is 0 Å². The molecule has 0 radical (unpaired) electrons. The number of aliphatic carboxylic acids is 1. The van der Waals surface area contributed by atoms with Crippen molar-refractivity contribution in [1.29, 1.82) is 0 Å². The molecule has 1 atom stereocenters. The van der Waals surface area contributed by atoms with Crippen LogP contribution in [0, 0.1) is 0 Å². The zero-order valence-electron chi connectivity index (χ0n) is 12.4. The molecule has 0 heterocycles. The molecule has 0 aliphatic carbocycles. The number of rotatable bonds is 7. The van der Waals surface area contributed by atoms with Gasteiger partial charge in [-0.15, -0.1) is 0 Å². The van der Waals surface area contributed by atoms with Crippen molar-refractivity contribution in [3.8, 4) is 5.75 Å². The molecule has 1 unspecified atom stereocenters. The summed E-state index contributed by atoms with van der Waals surface area (Å²) in [7, 11) is 1.71. The Morgan fingerprint density at radius 1 is 1.29 bits per heavy atom. The van der Waals surface area contributed by atoms with Gasteiger partial charge in [0, 0.05) is 26.1 Å². The van der Waals surface area contributed by atoms with Gasteiger partial charge in [-0.3, -0.25) is 4.79 Å². The second kappa shape index (κ2) is 8.14. The van der Waals surface area contributed by atoms with E-state index in [-0.39, 0.29) is 24.2 Å². The smallest absolute Gasteiger partial charge is 0.317 e. The number of carbonyl (C=O) groups is 2. The maximum Gasteiger partial charge on any atom is 0.317 e. The number of nitrogens with one attached hydrogen (secondary N) is 1. The van der Waals surface area contributed by atoms with Crippen molar-refractivity contribution in [2.45, 2.75) is 32.2 Å². The first kappa shape index (κ1) is 16.8. The fourth-order valence-corrected chi connectivity index (χ4v) is 1.87. The van der Waals surface area contributed by atoms with Crippen LogP contribution in [-0.4, -0.2) is 46.7 Å². The molecular weight excluding hydrogens is 272 g/mol. The third-order valence-electron chi connectivity index (χ3n) is 3.29. The largest absolute Gasteiger partial charge is 0.508 e. The average molecular weight is 294 g/mol. The highest BCUT2D eigenvalue weighted by atomic mass is 16.4. The minimum atomic E-state index is -0.863. The number of phenols is 1. The zero-order valence-corrected chi connectivity index (χ0v) is 12.4. The zero-order chi connectivity index (χ0) is 15.8. The molecule has 6 heteroatoms. The molecule has 0 saturated heterocycles. The topological polar surface area (TPSA) is 89.9 Å². The van der Waals surface area contributed by atoms with Gasteiger partial charge in [-0.25, -0.2) is 4.79 Å². The van der Waals surface area contributed by atoms with E-state index < -0.39 is 5.97 Å². The molecule has 0 fully saturated rings. The first-order valence-corrected chi connectivity index (χ1v) is 6.90. The van der Waals surface area contributed by atoms with Crippen LogP contribution in [0.5, 0.6) is 5.75 Å². The van der Waals surface area contributed by atoms with Crippen molar-refractivity contribution in [2.75, 3.05) is 13.6 Å². The number of carboxylic acid groups (broad SMARTS) is 1. The van der Waals surface area contributed by atoms with Crippen LogP contribution in [0.2, 0.25) is 0 Å². The van der Waals surface area contributed by atoms with Crippen molar-refractivity contribution in [3.05, 3.63) is 29.8 Å². The summed E-state index contributed by atoms with van der Waals surface area (Å²) in [4.78, 5) is 23.9. The monoisotopic (exact) mass is 294 g/mol. The van der Waals surface area contributed by atoms with Gasteiger partial charge in [0.05, 0.1) is 0 Å². The lowest BCUT2D eigenvalue weighted by Crippen LogP contribution is -2.43. The number of hydrogen-bond donors (Lipinski definition) is 3. The van der Waals surface area contributed by atoms with Gasteiger partial charge in [-0.2, -0.15) is 0 Å². The van der Waals surface area contributed by atoms with Crippen molar-refractivity contribution >= 4 is 12.0 Å². The van der Waals surface area contributed by atoms with Gasteiger partial charge in [-0.05, 0) is 37.5 Å². The van der Waals surface area contributed by atoms with Crippen LogP contribution in [0.25, 0.3) is 0 Å². The predicted molar refractivity (Wildman–Crippen MR) is 79.3 cm³/mol. The lowest BCUT2D eigenvalue weighted by atomic mass is 10.1. The Morgan fingerprint density at radius 2 is 1.90 bits per heavy atom. The van der Waals surface area contributed by atoms with Crippen molar-refractivity contribution in [1.82, 2.24) is 10.2 Å². The number of hydrogen-bond acceptors (Lipinski definition) is 3. The average Bonchev–Trinajstić information content (AvgIpc) is 2.44. The summed E-state index contributed by atoms with van der Waals surface area (Å²) in [5.74, 6) is -0.644. The van der Waals surface area contributed by atoms with Gasteiger partial charge in [0.2, 0.25) is 0 Å². The van der Waals surface area contributed by atoms with E-state index in [9.17, 15) is 14.7 Å². The standard InChI is InChI=1S/C15H22N2O4/c1-11(10-12-5-7-13(18)8-6-12)17(2)15(21)16-9-3-4-14(19)20/h5-8,11,18H,3-4,9-10H2,1-2H3,(H,16,21)(H,19,20). The summed E-state index contributed by atoms with van der Waals surface area (Å²) in [6.45, 7) is 2.28. The normalized spacial score (nSPS) is 11.7. The van der Waals surface area contributed by atoms with E-state index >= 15 is 0 Å². The van der Waals surface area contributed by atoms with Gasteiger partial charge in [0.1, 0.15) is 5.75 Å². The number of carboxylic acids is 1. The molecule has 3 N–H and O–H groups in total. The van der Waals surface area contributed by atoms with Crippen LogP contribution in [0.1, 0.15) is 25.3 Å². The van der Waals surface area contributed by atoms with Crippen molar-refractivity contribution < 1.29 is 19.8 Å². The van der Waals surface area contributed by atoms with Crippen LogP contribution < -0.4 is 5.32 Å². The maximum absolute atomic E-state index is 11.9. The molecule has 2 amide bonds. The highest BCUT2D eigenvalue weighted by Crippen LogP contribution is 2.13. The molecule has 0 saturated carbocycles. The van der Waals surface area contributed by atoms with Crippen LogP contribution in [0.3, 0.4) is 0 Å². The van der Waals surface area contributed by atoms with Gasteiger partial charge in [0.15, 0.2) is 0 Å². The SMILES string of the molecule is CC(Cc1ccc(O)cc1)N(C)C(=O)NCCCC(=O)O. The fourth-order valence-electron chi connectivity index (χ4n) is 1.87. The lowest BCUT2D eigenvalue weighted by Gasteiger charge is -2.25. The summed E-state index contributed by atoms with van der Waals surface area (Å²) < 4.78 is 0. The Labute approximate surface area is 124 Å². The third kappa shape index (κ3) is 6.16. The molecule has 1 aromatic rings. The molecule has 1 aromatic carbocycles. The molecular formula is C15H22N2O4. The predicted octanol–water partition coefficient (Wildman–Crippen LogP) is 1.83. The number of likely N-dealkylation sites (N-methyl/N-ethyl adjacent to an activating group) is 1. The van der Waals surface area contributed by atoms with Gasteiger partial charge in [0.25, 0.3) is 0 Å². The van der Waals surface area contributed by atoms with E-state index in [1.165, 1.54) is 0 Å². The molecule has 6 nitrogen and oxygen atoms in total. The molecule has 0 bridgehead atoms. The Hall–Kier alpha value is -2.24. The van der Waals surface area contributed by atoms with Gasteiger partial charge in [-0.1, -0.05) is 12.1 Å². The van der Waals surface area contributed by atoms with Crippen LogP contribution in [-0.2, 0) is 11.2 Å². The number of phenolic OH excluding ortho intramolecular Hbond substituents is 1. The van der Waals surface area contributed by atoms with E-state index in [0.717, 1.165) is 5.56 Å². The minimum Gasteiger partial charge on any atom is -0.508 e. The summed E-state index contributed by atoms with van der Waals surface area (Å²) in [5.41, 5.74) is 1.03. The fraction of sp³-hybridized carbons (Fsp3) is 0.467. The highest BCUT2D eigenvalue weighted by molar-refractivity contribution is 5.74. The molecule has 116 valence electrons. The van der Waals surface area contributed by atoms with E-state index in [1.54, 1.807) is 24.1 Å². The van der Waals surface area contributed by atoms with Gasteiger partial charge < -0.3 is 20.4 Å². The number of carbonyl (C=O) groups excluding carboxylic acids is 1. The molecule has 0 aromatic heterocycles. The second-order valence-electron chi connectivity index (χ2n) is 5.06. The minimum absolute atomic E-state index is 0.00554. The van der Waals surface area contributed by atoms with E-state index in [2.05, 4.69) is 5.32 Å². The van der Waals surface area contributed by atoms with Crippen LogP contribution in [0.4, 0.5) is 4.79 Å². The molecule has 0 aliphatic rings. The summed E-state index contributed by atoms with van der Waals surface area (Å²) in [5, 5.41) is 20.4. The van der Waals surface area contributed by atoms with Crippen molar-refractivity contribution in [3.63, 3.8) is 0 Å². The Kier molecular flexibility index (Phi) is 6.52. The number of aromatic hydroxyl groups is 1. The number of nitrogens with zero attached hydrogens (tertiary/aromatic N) is 1. The maximum atomic E-state index is 11.9. The summed E-state index contributed by atoms with van der Waals surface area (Å²) in [6.07, 6.45) is 1.15. The lowest BCUT2D eigenvalue weighted by molar-refractivity contribution is -0.137. The van der Waals surface area contributed by atoms with E-state index in [4.69, 9.17) is 5.11 Å². The van der Waals surface area contributed by atoms with Gasteiger partial charge >= 0.3 is 12.0 Å². The quantitative estimate of drug-likeness (QED) is 0.669. The van der Waals surface area contributed by atoms with E-state index in [0.29, 0.717) is 19.4 Å². The summed E-state index contributed by atoms with van der Waals surface area (Å²) in [6, 6.07) is 6.66. The molecule has 1 rings (SSSR count). The number of amides is 2. The highest BCUT2D eigenvalue weighted by Gasteiger charge is 2.15. The first-order chi connectivity index (χ1) is 9.90. The number of urea groups is 1.